The summed E-state index contributed by atoms with van der Waals surface area (Å²) in [6, 6.07) is 0. The average Bonchev–Trinajstić information content (AvgIpc) is 3.24. The zero-order chi connectivity index (χ0) is 43.7. The average molecular weight is 839 g/mol. The molecule has 0 heterocycles. The molecule has 0 spiro atoms. The minimum Gasteiger partial charge on any atom is -0.462 e. The van der Waals surface area contributed by atoms with Crippen LogP contribution in [0.4, 0.5) is 0 Å². The van der Waals surface area contributed by atoms with Gasteiger partial charge in [0.25, 0.3) is 0 Å². The van der Waals surface area contributed by atoms with Crippen molar-refractivity contribution >= 4 is 17.9 Å². The Morgan fingerprint density at radius 2 is 0.633 bits per heavy atom. The highest BCUT2D eigenvalue weighted by Crippen LogP contribution is 2.15. The monoisotopic (exact) mass is 839 g/mol. The molecule has 0 aliphatic carbocycles. The Bertz CT molecular complexity index is 1100. The van der Waals surface area contributed by atoms with E-state index in [0.29, 0.717) is 12.8 Å². The number of allylic oxidation sites excluding steroid dienone is 9. The third-order valence-corrected chi connectivity index (χ3v) is 10.8. The molecule has 6 heteroatoms. The van der Waals surface area contributed by atoms with E-state index in [1.165, 1.54) is 135 Å². The van der Waals surface area contributed by atoms with Crippen LogP contribution in [-0.4, -0.2) is 37.2 Å². The fraction of sp³-hybridized carbons (Fsp3) is 0.759. The van der Waals surface area contributed by atoms with Gasteiger partial charge in [-0.2, -0.15) is 0 Å². The second-order valence-electron chi connectivity index (χ2n) is 16.7. The highest BCUT2D eigenvalue weighted by atomic mass is 16.6. The topological polar surface area (TPSA) is 78.9 Å². The predicted octanol–water partition coefficient (Wildman–Crippen LogP) is 16.5. The van der Waals surface area contributed by atoms with E-state index in [2.05, 4.69) is 69.4 Å². The quantitative estimate of drug-likeness (QED) is 0.0263. The van der Waals surface area contributed by atoms with Crippen LogP contribution < -0.4 is 0 Å². The zero-order valence-corrected chi connectivity index (χ0v) is 39.5. The van der Waals surface area contributed by atoms with Gasteiger partial charge in [-0.1, -0.05) is 242 Å². The van der Waals surface area contributed by atoms with Crippen molar-refractivity contribution in [1.29, 1.82) is 0 Å². The van der Waals surface area contributed by atoms with Crippen molar-refractivity contribution in [1.82, 2.24) is 0 Å². The molecule has 0 aromatic heterocycles. The lowest BCUT2D eigenvalue weighted by molar-refractivity contribution is -0.166. The van der Waals surface area contributed by atoms with Crippen molar-refractivity contribution in [2.24, 2.45) is 0 Å². The molecule has 0 bridgehead atoms. The van der Waals surface area contributed by atoms with Crippen molar-refractivity contribution < 1.29 is 28.6 Å². The van der Waals surface area contributed by atoms with Crippen LogP contribution in [0.5, 0.6) is 0 Å². The summed E-state index contributed by atoms with van der Waals surface area (Å²) in [7, 11) is 0. The van der Waals surface area contributed by atoms with Gasteiger partial charge in [-0.05, 0) is 44.9 Å². The molecule has 1 atom stereocenters. The molecule has 60 heavy (non-hydrogen) atoms. The normalized spacial score (nSPS) is 12.5. The molecule has 0 radical (unpaired) electrons. The maximum Gasteiger partial charge on any atom is 0.310 e. The number of ether oxygens (including phenoxy) is 3. The fourth-order valence-electron chi connectivity index (χ4n) is 7.05. The SMILES string of the molecule is CC/C=C\C/C=C\C/C=C\C/C=C\C/C=C\CC(=O)OC(COC(=O)CCCCCCCCCCCCC)COC(=O)CCCCCCCCCCCCCCCCCC. The molecule has 0 amide bonds. The van der Waals surface area contributed by atoms with E-state index in [1.54, 1.807) is 6.08 Å². The Balaban J connectivity index is 4.46. The lowest BCUT2D eigenvalue weighted by Crippen LogP contribution is -2.30. The summed E-state index contributed by atoms with van der Waals surface area (Å²) in [6.45, 7) is 6.44. The summed E-state index contributed by atoms with van der Waals surface area (Å²) in [5.41, 5.74) is 0. The molecule has 0 aromatic carbocycles. The van der Waals surface area contributed by atoms with Gasteiger partial charge in [0.1, 0.15) is 13.2 Å². The van der Waals surface area contributed by atoms with Gasteiger partial charge >= 0.3 is 17.9 Å². The van der Waals surface area contributed by atoms with Crippen molar-refractivity contribution in [3.63, 3.8) is 0 Å². The van der Waals surface area contributed by atoms with E-state index in [9.17, 15) is 14.4 Å². The molecule has 1 unspecified atom stereocenters. The third-order valence-electron chi connectivity index (χ3n) is 10.8. The van der Waals surface area contributed by atoms with Gasteiger partial charge in [-0.25, -0.2) is 0 Å². The minimum absolute atomic E-state index is 0.101. The van der Waals surface area contributed by atoms with Gasteiger partial charge in [-0.15, -0.1) is 0 Å². The molecule has 0 N–H and O–H groups in total. The Kier molecular flexibility index (Phi) is 46.4. The summed E-state index contributed by atoms with van der Waals surface area (Å²) in [5.74, 6) is -1.03. The highest BCUT2D eigenvalue weighted by molar-refractivity contribution is 5.72. The zero-order valence-electron chi connectivity index (χ0n) is 39.5. The second kappa shape index (κ2) is 48.8. The lowest BCUT2D eigenvalue weighted by Gasteiger charge is -2.18. The van der Waals surface area contributed by atoms with E-state index in [0.717, 1.165) is 70.6 Å². The minimum atomic E-state index is -0.823. The van der Waals surface area contributed by atoms with Crippen LogP contribution in [0, 0.1) is 0 Å². The Labute approximate surface area is 370 Å². The smallest absolute Gasteiger partial charge is 0.310 e. The summed E-state index contributed by atoms with van der Waals surface area (Å²) in [4.78, 5) is 37.8. The van der Waals surface area contributed by atoms with E-state index < -0.39 is 12.1 Å². The maximum atomic E-state index is 12.7. The van der Waals surface area contributed by atoms with Gasteiger partial charge in [0.2, 0.25) is 0 Å². The van der Waals surface area contributed by atoms with Gasteiger partial charge in [-0.3, -0.25) is 14.4 Å². The molecule has 0 aliphatic heterocycles. The molecule has 0 rings (SSSR count). The van der Waals surface area contributed by atoms with Crippen molar-refractivity contribution in [3.05, 3.63) is 60.8 Å². The molecular formula is C54H94O6. The van der Waals surface area contributed by atoms with Gasteiger partial charge in [0, 0.05) is 12.8 Å². The first-order valence-corrected chi connectivity index (χ1v) is 25.3. The molecule has 0 saturated carbocycles. The van der Waals surface area contributed by atoms with Gasteiger partial charge < -0.3 is 14.2 Å². The number of carbonyl (C=O) groups is 3. The molecule has 0 aliphatic rings. The molecule has 0 saturated heterocycles. The number of hydrogen-bond donors (Lipinski definition) is 0. The van der Waals surface area contributed by atoms with E-state index >= 15 is 0 Å². The summed E-state index contributed by atoms with van der Waals surface area (Å²) in [6.07, 6.45) is 59.4. The van der Waals surface area contributed by atoms with Gasteiger partial charge in [0.05, 0.1) is 6.42 Å². The van der Waals surface area contributed by atoms with Crippen molar-refractivity contribution in [2.45, 2.75) is 252 Å². The Morgan fingerprint density at radius 3 is 0.950 bits per heavy atom. The Hall–Kier alpha value is -2.89. The molecule has 0 aromatic rings. The number of carbonyl (C=O) groups excluding carboxylic acids is 3. The molecular weight excluding hydrogens is 745 g/mol. The second-order valence-corrected chi connectivity index (χ2v) is 16.7. The molecule has 0 fully saturated rings. The van der Waals surface area contributed by atoms with Crippen molar-refractivity contribution in [3.8, 4) is 0 Å². The summed E-state index contributed by atoms with van der Waals surface area (Å²) in [5, 5.41) is 0. The van der Waals surface area contributed by atoms with Crippen LogP contribution in [0.2, 0.25) is 0 Å². The largest absolute Gasteiger partial charge is 0.462 e. The van der Waals surface area contributed by atoms with E-state index in [1.807, 2.05) is 6.08 Å². The third kappa shape index (κ3) is 46.2. The van der Waals surface area contributed by atoms with Crippen LogP contribution in [0.15, 0.2) is 60.8 Å². The summed E-state index contributed by atoms with van der Waals surface area (Å²) < 4.78 is 16.7. The van der Waals surface area contributed by atoms with Crippen LogP contribution in [0.1, 0.15) is 245 Å². The van der Waals surface area contributed by atoms with E-state index in [-0.39, 0.29) is 31.6 Å². The first-order chi connectivity index (χ1) is 29.5. The number of rotatable bonds is 45. The number of esters is 3. The standard InChI is InChI=1S/C54H94O6/c1-4-7-10-13-16-19-22-24-26-28-29-32-35-38-41-44-47-53(56)59-50-51(49-58-52(55)46-43-40-37-34-31-21-18-15-12-9-6-3)60-54(57)48-45-42-39-36-33-30-27-25-23-20-17-14-11-8-5-2/h8,11,17,20,25,27,33,36,42,45,51H,4-7,9-10,12-16,18-19,21-24,26,28-32,34-35,37-41,43-44,46-50H2,1-3H3/b11-8-,20-17-,27-25-,36-33-,45-42-. The van der Waals surface area contributed by atoms with Crippen LogP contribution >= 0.6 is 0 Å². The lowest BCUT2D eigenvalue weighted by atomic mass is 10.0. The maximum absolute atomic E-state index is 12.7. The van der Waals surface area contributed by atoms with Crippen molar-refractivity contribution in [2.75, 3.05) is 13.2 Å². The first kappa shape index (κ1) is 57.1. The number of unbranched alkanes of at least 4 members (excludes halogenated alkanes) is 25. The van der Waals surface area contributed by atoms with Crippen LogP contribution in [0.3, 0.4) is 0 Å². The van der Waals surface area contributed by atoms with Gasteiger partial charge in [0.15, 0.2) is 6.10 Å². The summed E-state index contributed by atoms with van der Waals surface area (Å²) >= 11 is 0. The highest BCUT2D eigenvalue weighted by Gasteiger charge is 2.19. The molecule has 6 nitrogen and oxygen atoms in total. The van der Waals surface area contributed by atoms with E-state index in [4.69, 9.17) is 14.2 Å². The predicted molar refractivity (Wildman–Crippen MR) is 256 cm³/mol. The Morgan fingerprint density at radius 1 is 0.350 bits per heavy atom. The fourth-order valence-corrected chi connectivity index (χ4v) is 7.05. The molecule has 346 valence electrons. The first-order valence-electron chi connectivity index (χ1n) is 25.3. The number of hydrogen-bond acceptors (Lipinski definition) is 6. The van der Waals surface area contributed by atoms with Crippen LogP contribution in [0.25, 0.3) is 0 Å². The van der Waals surface area contributed by atoms with Crippen LogP contribution in [-0.2, 0) is 28.6 Å².